The highest BCUT2D eigenvalue weighted by Crippen LogP contribution is 2.39. The van der Waals surface area contributed by atoms with Crippen molar-refractivity contribution >= 4 is 15.9 Å². The lowest BCUT2D eigenvalue weighted by Gasteiger charge is -2.40. The van der Waals surface area contributed by atoms with Crippen molar-refractivity contribution in [1.82, 2.24) is 9.62 Å². The number of sulfonamides is 1. The van der Waals surface area contributed by atoms with E-state index in [1.165, 1.54) is 10.4 Å². The molecule has 1 saturated heterocycles. The van der Waals surface area contributed by atoms with Crippen LogP contribution in [0, 0.1) is 0 Å². The number of amides is 1. The summed E-state index contributed by atoms with van der Waals surface area (Å²) in [7, 11) is -3.72. The molecule has 1 N–H and O–H groups in total. The van der Waals surface area contributed by atoms with E-state index in [0.29, 0.717) is 44.1 Å². The van der Waals surface area contributed by atoms with Crippen molar-refractivity contribution in [1.29, 1.82) is 0 Å². The highest BCUT2D eigenvalue weighted by atomic mass is 32.2. The highest BCUT2D eigenvalue weighted by Gasteiger charge is 2.45. The molecule has 1 amide bonds. The highest BCUT2D eigenvalue weighted by molar-refractivity contribution is 7.89. The molecule has 2 aromatic rings. The summed E-state index contributed by atoms with van der Waals surface area (Å²) in [5.74, 6) is 0.882. The molecule has 0 saturated carbocycles. The average Bonchev–Trinajstić information content (AvgIpc) is 2.82. The molecular weight excluding hydrogens is 416 g/mol. The summed E-state index contributed by atoms with van der Waals surface area (Å²) in [6.07, 6.45) is 2.42. The number of piperidine rings is 1. The Bertz CT molecular complexity index is 1060. The SMILES string of the molecule is C=CCNC(=O)C1(c2ccccc2)CCN(S(=O)(=O)c2ccc3c(c2)OCCO3)CC1. The predicted molar refractivity (Wildman–Crippen MR) is 117 cm³/mol. The second kappa shape index (κ2) is 8.72. The van der Waals surface area contributed by atoms with E-state index < -0.39 is 15.4 Å². The van der Waals surface area contributed by atoms with Gasteiger partial charge in [-0.05, 0) is 30.5 Å². The first-order valence-corrected chi connectivity index (χ1v) is 11.8. The van der Waals surface area contributed by atoms with E-state index in [-0.39, 0.29) is 23.9 Å². The minimum Gasteiger partial charge on any atom is -0.486 e. The number of carbonyl (C=O) groups excluding carboxylic acids is 1. The van der Waals surface area contributed by atoms with E-state index in [1.54, 1.807) is 18.2 Å². The fourth-order valence-corrected chi connectivity index (χ4v) is 5.64. The third-order valence-electron chi connectivity index (χ3n) is 5.90. The molecule has 0 unspecified atom stereocenters. The van der Waals surface area contributed by atoms with Crippen LogP contribution in [0.25, 0.3) is 0 Å². The first-order chi connectivity index (χ1) is 15.0. The summed E-state index contributed by atoms with van der Waals surface area (Å²) >= 11 is 0. The van der Waals surface area contributed by atoms with Crippen LogP contribution in [-0.4, -0.2) is 51.5 Å². The molecule has 164 valence electrons. The van der Waals surface area contributed by atoms with Crippen LogP contribution in [0.1, 0.15) is 18.4 Å². The van der Waals surface area contributed by atoms with Gasteiger partial charge in [0.25, 0.3) is 0 Å². The van der Waals surface area contributed by atoms with Crippen LogP contribution in [0.3, 0.4) is 0 Å². The van der Waals surface area contributed by atoms with Gasteiger partial charge in [0, 0.05) is 25.7 Å². The third-order valence-corrected chi connectivity index (χ3v) is 7.79. The molecule has 0 aliphatic carbocycles. The second-order valence-corrected chi connectivity index (χ2v) is 9.59. The zero-order chi connectivity index (χ0) is 21.9. The number of fused-ring (bicyclic) bond motifs is 1. The van der Waals surface area contributed by atoms with Gasteiger partial charge < -0.3 is 14.8 Å². The summed E-state index contributed by atoms with van der Waals surface area (Å²) in [5, 5.41) is 2.91. The number of benzene rings is 2. The lowest BCUT2D eigenvalue weighted by Crippen LogP contribution is -2.52. The number of ether oxygens (including phenoxy) is 2. The number of carbonyl (C=O) groups is 1. The Kier molecular flexibility index (Phi) is 6.02. The summed E-state index contributed by atoms with van der Waals surface area (Å²) in [6.45, 7) is 5.35. The van der Waals surface area contributed by atoms with Gasteiger partial charge in [0.1, 0.15) is 13.2 Å². The van der Waals surface area contributed by atoms with Crippen molar-refractivity contribution in [3.05, 3.63) is 66.7 Å². The van der Waals surface area contributed by atoms with Gasteiger partial charge in [0.05, 0.1) is 10.3 Å². The summed E-state index contributed by atoms with van der Waals surface area (Å²) < 4.78 is 39.0. The quantitative estimate of drug-likeness (QED) is 0.695. The first kappa shape index (κ1) is 21.4. The Morgan fingerprint density at radius 2 is 1.74 bits per heavy atom. The lowest BCUT2D eigenvalue weighted by atomic mass is 9.72. The Morgan fingerprint density at radius 3 is 2.42 bits per heavy atom. The molecular formula is C23H26N2O5S. The van der Waals surface area contributed by atoms with Gasteiger partial charge in [-0.1, -0.05) is 36.4 Å². The summed E-state index contributed by atoms with van der Waals surface area (Å²) in [4.78, 5) is 13.3. The van der Waals surface area contributed by atoms with E-state index in [4.69, 9.17) is 9.47 Å². The molecule has 0 spiro atoms. The van der Waals surface area contributed by atoms with E-state index >= 15 is 0 Å². The van der Waals surface area contributed by atoms with Gasteiger partial charge in [0.15, 0.2) is 11.5 Å². The van der Waals surface area contributed by atoms with Gasteiger partial charge in [-0.2, -0.15) is 4.31 Å². The molecule has 2 aromatic carbocycles. The van der Waals surface area contributed by atoms with Crippen LogP contribution in [0.2, 0.25) is 0 Å². The largest absolute Gasteiger partial charge is 0.486 e. The van der Waals surface area contributed by atoms with Crippen LogP contribution in [-0.2, 0) is 20.2 Å². The van der Waals surface area contributed by atoms with Crippen LogP contribution in [0.15, 0.2) is 66.1 Å². The van der Waals surface area contributed by atoms with Crippen LogP contribution < -0.4 is 14.8 Å². The lowest BCUT2D eigenvalue weighted by molar-refractivity contribution is -0.128. The van der Waals surface area contributed by atoms with Crippen LogP contribution in [0.5, 0.6) is 11.5 Å². The number of hydrogen-bond acceptors (Lipinski definition) is 5. The number of rotatable bonds is 6. The Morgan fingerprint density at radius 1 is 1.06 bits per heavy atom. The monoisotopic (exact) mass is 442 g/mol. The first-order valence-electron chi connectivity index (χ1n) is 10.3. The van der Waals surface area contributed by atoms with Gasteiger partial charge in [-0.3, -0.25) is 4.79 Å². The van der Waals surface area contributed by atoms with E-state index in [1.807, 2.05) is 30.3 Å². The van der Waals surface area contributed by atoms with E-state index in [0.717, 1.165) is 5.56 Å². The third kappa shape index (κ3) is 4.05. The molecule has 0 radical (unpaired) electrons. The molecule has 2 aliphatic heterocycles. The zero-order valence-electron chi connectivity index (χ0n) is 17.2. The van der Waals surface area contributed by atoms with Crippen molar-refractivity contribution in [2.24, 2.45) is 0 Å². The minimum absolute atomic E-state index is 0.102. The van der Waals surface area contributed by atoms with Crippen LogP contribution in [0.4, 0.5) is 0 Å². The standard InChI is InChI=1S/C23H26N2O5S/c1-2-12-24-22(26)23(18-6-4-3-5-7-18)10-13-25(14-11-23)31(27,28)19-8-9-20-21(17-19)30-16-15-29-20/h2-9,17H,1,10-16H2,(H,24,26). The zero-order valence-corrected chi connectivity index (χ0v) is 18.1. The van der Waals surface area contributed by atoms with Gasteiger partial charge >= 0.3 is 0 Å². The normalized spacial score (nSPS) is 18.2. The number of hydrogen-bond donors (Lipinski definition) is 1. The molecule has 0 aromatic heterocycles. The fraction of sp³-hybridized carbons (Fsp3) is 0.348. The van der Waals surface area contributed by atoms with Crippen molar-refractivity contribution in [3.63, 3.8) is 0 Å². The molecule has 7 nitrogen and oxygen atoms in total. The van der Waals surface area contributed by atoms with Crippen molar-refractivity contribution < 1.29 is 22.7 Å². The average molecular weight is 443 g/mol. The van der Waals surface area contributed by atoms with E-state index in [2.05, 4.69) is 11.9 Å². The molecule has 1 fully saturated rings. The van der Waals surface area contributed by atoms with E-state index in [9.17, 15) is 13.2 Å². The predicted octanol–water partition coefficient (Wildman–Crippen LogP) is 2.48. The van der Waals surface area contributed by atoms with Crippen molar-refractivity contribution in [2.75, 3.05) is 32.8 Å². The molecule has 31 heavy (non-hydrogen) atoms. The Balaban J connectivity index is 1.58. The number of nitrogens with one attached hydrogen (secondary N) is 1. The molecule has 2 heterocycles. The van der Waals surface area contributed by atoms with Gasteiger partial charge in [-0.15, -0.1) is 6.58 Å². The molecule has 2 aliphatic rings. The summed E-state index contributed by atoms with van der Waals surface area (Å²) in [5.41, 5.74) is 0.122. The maximum atomic E-state index is 13.3. The smallest absolute Gasteiger partial charge is 0.243 e. The molecule has 8 heteroatoms. The van der Waals surface area contributed by atoms with Gasteiger partial charge in [0.2, 0.25) is 15.9 Å². The fourth-order valence-electron chi connectivity index (χ4n) is 4.18. The van der Waals surface area contributed by atoms with Crippen LogP contribution >= 0.6 is 0 Å². The summed E-state index contributed by atoms with van der Waals surface area (Å²) in [6, 6.07) is 14.2. The van der Waals surface area contributed by atoms with Crippen molar-refractivity contribution in [2.45, 2.75) is 23.2 Å². The topological polar surface area (TPSA) is 84.9 Å². The maximum Gasteiger partial charge on any atom is 0.243 e. The number of nitrogens with zero attached hydrogens (tertiary/aromatic N) is 1. The van der Waals surface area contributed by atoms with Crippen molar-refractivity contribution in [3.8, 4) is 11.5 Å². The maximum absolute atomic E-state index is 13.3. The Labute approximate surface area is 182 Å². The molecule has 0 atom stereocenters. The molecule has 0 bridgehead atoms. The second-order valence-electron chi connectivity index (χ2n) is 7.66. The minimum atomic E-state index is -3.72. The Hall–Kier alpha value is -2.84. The molecule has 4 rings (SSSR count). The van der Waals surface area contributed by atoms with Gasteiger partial charge in [-0.25, -0.2) is 8.42 Å².